The number of aromatic nitrogens is 2. The van der Waals surface area contributed by atoms with E-state index in [2.05, 4.69) is 36.1 Å². The van der Waals surface area contributed by atoms with E-state index < -0.39 is 0 Å². The van der Waals surface area contributed by atoms with Gasteiger partial charge in [-0.25, -0.2) is 9.69 Å². The van der Waals surface area contributed by atoms with Crippen LogP contribution >= 0.6 is 0 Å². The first-order valence-electron chi connectivity index (χ1n) is 12.6. The second-order valence-electron chi connectivity index (χ2n) is 9.45. The van der Waals surface area contributed by atoms with Crippen LogP contribution in [0.3, 0.4) is 0 Å². The quantitative estimate of drug-likeness (QED) is 0.395. The molecule has 2 aliphatic heterocycles. The fourth-order valence-electron chi connectivity index (χ4n) is 4.88. The van der Waals surface area contributed by atoms with E-state index in [0.717, 1.165) is 41.3 Å². The molecule has 0 saturated carbocycles. The number of rotatable bonds is 6. The molecule has 0 aliphatic carbocycles. The number of carbonyl (C=O) groups is 1. The van der Waals surface area contributed by atoms with Gasteiger partial charge in [0.1, 0.15) is 11.5 Å². The fraction of sp³-hybridized carbons (Fsp3) is 0.276. The lowest BCUT2D eigenvalue weighted by molar-refractivity contribution is -0.135. The van der Waals surface area contributed by atoms with Crippen molar-refractivity contribution in [1.29, 1.82) is 0 Å². The Morgan fingerprint density at radius 3 is 2.51 bits per heavy atom. The van der Waals surface area contributed by atoms with Crippen molar-refractivity contribution >= 4 is 11.6 Å². The van der Waals surface area contributed by atoms with Gasteiger partial charge < -0.3 is 9.15 Å². The van der Waals surface area contributed by atoms with E-state index in [4.69, 9.17) is 19.4 Å². The minimum atomic E-state index is -0.303. The van der Waals surface area contributed by atoms with Crippen molar-refractivity contribution in [3.05, 3.63) is 96.1 Å². The predicted molar refractivity (Wildman–Crippen MR) is 140 cm³/mol. The molecule has 0 bridgehead atoms. The van der Waals surface area contributed by atoms with Gasteiger partial charge in [0.15, 0.2) is 0 Å². The molecule has 8 heteroatoms. The van der Waals surface area contributed by atoms with E-state index in [9.17, 15) is 4.79 Å². The van der Waals surface area contributed by atoms with Gasteiger partial charge in [-0.1, -0.05) is 48.0 Å². The van der Waals surface area contributed by atoms with Crippen LogP contribution in [0.4, 0.5) is 0 Å². The Labute approximate surface area is 215 Å². The van der Waals surface area contributed by atoms with E-state index in [-0.39, 0.29) is 11.9 Å². The summed E-state index contributed by atoms with van der Waals surface area (Å²) in [6, 6.07) is 21.8. The highest BCUT2D eigenvalue weighted by atomic mass is 16.5. The third-order valence-corrected chi connectivity index (χ3v) is 6.88. The summed E-state index contributed by atoms with van der Waals surface area (Å²) in [6.07, 6.45) is 4.21. The van der Waals surface area contributed by atoms with Crippen molar-refractivity contribution in [3.63, 3.8) is 0 Å². The van der Waals surface area contributed by atoms with Gasteiger partial charge in [0.25, 0.3) is 5.91 Å². The Balaban J connectivity index is 1.41. The number of ether oxygens (including phenoxy) is 1. The Morgan fingerprint density at radius 1 is 1.00 bits per heavy atom. The van der Waals surface area contributed by atoms with Crippen molar-refractivity contribution < 1.29 is 13.9 Å². The van der Waals surface area contributed by atoms with E-state index >= 15 is 0 Å². The molecule has 8 nitrogen and oxygen atoms in total. The first kappa shape index (κ1) is 23.4. The number of carbonyl (C=O) groups excluding carboxylic acids is 1. The number of hydrazone groups is 1. The average Bonchev–Trinajstić information content (AvgIpc) is 3.70. The predicted octanol–water partition coefficient (Wildman–Crippen LogP) is 4.45. The number of morpholine rings is 1. The summed E-state index contributed by atoms with van der Waals surface area (Å²) in [6.45, 7) is 5.11. The molecule has 2 aromatic carbocycles. The summed E-state index contributed by atoms with van der Waals surface area (Å²) in [5.41, 5.74) is 5.69. The highest BCUT2D eigenvalue weighted by molar-refractivity contribution is 6.01. The molecule has 6 rings (SSSR count). The minimum absolute atomic E-state index is 0.0456. The summed E-state index contributed by atoms with van der Waals surface area (Å²) < 4.78 is 13.0. The van der Waals surface area contributed by atoms with Gasteiger partial charge in [0.05, 0.1) is 43.4 Å². The number of aryl methyl sites for hydroxylation is 1. The van der Waals surface area contributed by atoms with E-state index in [1.165, 1.54) is 5.56 Å². The van der Waals surface area contributed by atoms with Crippen molar-refractivity contribution in [2.45, 2.75) is 19.4 Å². The Bertz CT molecular complexity index is 1390. The molecule has 0 radical (unpaired) electrons. The zero-order valence-corrected chi connectivity index (χ0v) is 20.8. The third-order valence-electron chi connectivity index (χ3n) is 6.88. The maximum Gasteiger partial charge on any atom is 0.257 e. The molecular formula is C29H29N5O3. The molecule has 4 heterocycles. The van der Waals surface area contributed by atoms with Gasteiger partial charge in [-0.05, 0) is 31.2 Å². The lowest BCUT2D eigenvalue weighted by Crippen LogP contribution is -2.43. The second-order valence-corrected chi connectivity index (χ2v) is 9.45. The Kier molecular flexibility index (Phi) is 6.42. The second kappa shape index (κ2) is 10.2. The molecular weight excluding hydrogens is 466 g/mol. The SMILES string of the molecule is Cc1ccc(-c2nn(-c3ccccc3)cc2[C@H]2CC(c3ccco3)=NN2C(=O)CN2CCOCC2)cc1. The number of nitrogens with zero attached hydrogens (tertiary/aromatic N) is 5. The van der Waals surface area contributed by atoms with Crippen molar-refractivity contribution in [3.8, 4) is 16.9 Å². The molecule has 0 unspecified atom stereocenters. The van der Waals surface area contributed by atoms with E-state index in [1.54, 1.807) is 11.3 Å². The smallest absolute Gasteiger partial charge is 0.257 e. The highest BCUT2D eigenvalue weighted by Gasteiger charge is 2.37. The zero-order valence-electron chi connectivity index (χ0n) is 20.8. The lowest BCUT2D eigenvalue weighted by Gasteiger charge is -2.29. The molecule has 0 spiro atoms. The Hall–Kier alpha value is -4.01. The first-order valence-corrected chi connectivity index (χ1v) is 12.6. The standard InChI is InChI=1S/C29H29N5O3/c1-21-9-11-22(12-10-21)29-24(19-33(31-29)23-6-3-2-4-7-23)26-18-25(27-8-5-15-37-27)30-34(26)28(35)20-32-13-16-36-17-14-32/h2-12,15,19,26H,13-14,16-18,20H2,1H3/t26-/m1/s1. The van der Waals surface area contributed by atoms with Gasteiger partial charge in [-0.2, -0.15) is 10.2 Å². The normalized spacial score (nSPS) is 18.2. The number of furan rings is 1. The van der Waals surface area contributed by atoms with Crippen LogP contribution < -0.4 is 0 Å². The van der Waals surface area contributed by atoms with Crippen LogP contribution in [-0.4, -0.2) is 64.2 Å². The lowest BCUT2D eigenvalue weighted by atomic mass is 9.97. The monoisotopic (exact) mass is 495 g/mol. The van der Waals surface area contributed by atoms with Crippen molar-refractivity contribution in [2.24, 2.45) is 5.10 Å². The molecule has 1 atom stereocenters. The van der Waals surface area contributed by atoms with Crippen LogP contribution in [0.2, 0.25) is 0 Å². The van der Waals surface area contributed by atoms with Gasteiger partial charge in [0.2, 0.25) is 0 Å². The summed E-state index contributed by atoms with van der Waals surface area (Å²) in [4.78, 5) is 15.8. The molecule has 1 fully saturated rings. The molecule has 4 aromatic rings. The van der Waals surface area contributed by atoms with Gasteiger partial charge in [-0.3, -0.25) is 9.69 Å². The van der Waals surface area contributed by atoms with Gasteiger partial charge in [0, 0.05) is 36.8 Å². The number of benzene rings is 2. The van der Waals surface area contributed by atoms with Gasteiger partial charge >= 0.3 is 0 Å². The first-order chi connectivity index (χ1) is 18.2. The molecule has 1 saturated heterocycles. The summed E-state index contributed by atoms with van der Waals surface area (Å²) in [5.74, 6) is 0.634. The van der Waals surface area contributed by atoms with Crippen LogP contribution in [0, 0.1) is 6.92 Å². The van der Waals surface area contributed by atoms with Crippen LogP contribution in [-0.2, 0) is 9.53 Å². The number of hydrogen-bond donors (Lipinski definition) is 0. The third kappa shape index (κ3) is 4.85. The van der Waals surface area contributed by atoms with Crippen molar-refractivity contribution in [1.82, 2.24) is 19.7 Å². The maximum atomic E-state index is 13.7. The molecule has 2 aliphatic rings. The minimum Gasteiger partial charge on any atom is -0.463 e. The number of hydrogen-bond acceptors (Lipinski definition) is 6. The largest absolute Gasteiger partial charge is 0.463 e. The van der Waals surface area contributed by atoms with Crippen LogP contribution in [0.1, 0.15) is 29.3 Å². The highest BCUT2D eigenvalue weighted by Crippen LogP contribution is 2.38. The molecule has 188 valence electrons. The average molecular weight is 496 g/mol. The van der Waals surface area contributed by atoms with E-state index in [0.29, 0.717) is 31.9 Å². The number of para-hydroxylation sites is 1. The molecule has 2 aromatic heterocycles. The summed E-state index contributed by atoms with van der Waals surface area (Å²) in [5, 5.41) is 11.4. The molecule has 1 amide bonds. The molecule has 0 N–H and O–H groups in total. The fourth-order valence-corrected chi connectivity index (χ4v) is 4.88. The van der Waals surface area contributed by atoms with Crippen LogP contribution in [0.15, 0.2) is 88.7 Å². The maximum absolute atomic E-state index is 13.7. The summed E-state index contributed by atoms with van der Waals surface area (Å²) >= 11 is 0. The van der Waals surface area contributed by atoms with E-state index in [1.807, 2.05) is 53.3 Å². The topological polar surface area (TPSA) is 76.1 Å². The van der Waals surface area contributed by atoms with Crippen LogP contribution in [0.5, 0.6) is 0 Å². The summed E-state index contributed by atoms with van der Waals surface area (Å²) in [7, 11) is 0. The molecule has 37 heavy (non-hydrogen) atoms. The van der Waals surface area contributed by atoms with Crippen molar-refractivity contribution in [2.75, 3.05) is 32.8 Å². The van der Waals surface area contributed by atoms with Crippen LogP contribution in [0.25, 0.3) is 16.9 Å². The Morgan fingerprint density at radius 2 is 1.78 bits per heavy atom. The number of amides is 1. The van der Waals surface area contributed by atoms with Gasteiger partial charge in [-0.15, -0.1) is 0 Å². The zero-order chi connectivity index (χ0) is 25.2.